The van der Waals surface area contributed by atoms with Crippen molar-refractivity contribution in [1.82, 2.24) is 15.0 Å². The fourth-order valence-corrected chi connectivity index (χ4v) is 2.01. The van der Waals surface area contributed by atoms with Gasteiger partial charge in [-0.2, -0.15) is 0 Å². The van der Waals surface area contributed by atoms with Crippen LogP contribution in [0.3, 0.4) is 0 Å². The highest BCUT2D eigenvalue weighted by molar-refractivity contribution is 5.96. The van der Waals surface area contributed by atoms with Gasteiger partial charge in [0.15, 0.2) is 0 Å². The van der Waals surface area contributed by atoms with Crippen LogP contribution in [0.4, 0.5) is 0 Å². The Labute approximate surface area is 121 Å². The maximum absolute atomic E-state index is 12.0. The Morgan fingerprint density at radius 1 is 1.48 bits per heavy atom. The minimum Gasteiger partial charge on any atom is -0.389 e. The van der Waals surface area contributed by atoms with Crippen LogP contribution in [0.1, 0.15) is 21.8 Å². The van der Waals surface area contributed by atoms with Crippen LogP contribution in [0.5, 0.6) is 0 Å². The van der Waals surface area contributed by atoms with E-state index in [0.29, 0.717) is 17.0 Å². The third-order valence-electron chi connectivity index (χ3n) is 3.07. The number of aliphatic hydroxyl groups excluding tert-OH is 1. The topological polar surface area (TPSA) is 97.4 Å². The lowest BCUT2D eigenvalue weighted by Gasteiger charge is -2.13. The van der Waals surface area contributed by atoms with Crippen LogP contribution < -0.4 is 10.9 Å². The van der Waals surface area contributed by atoms with Crippen molar-refractivity contribution in [3.63, 3.8) is 0 Å². The molecule has 0 aliphatic carbocycles. The van der Waals surface area contributed by atoms with Crippen molar-refractivity contribution < 1.29 is 14.4 Å². The smallest absolute Gasteiger partial charge is 0.256 e. The van der Waals surface area contributed by atoms with Crippen LogP contribution in [-0.2, 0) is 6.54 Å². The third kappa shape index (κ3) is 3.57. The van der Waals surface area contributed by atoms with Gasteiger partial charge in [0, 0.05) is 18.8 Å². The number of pyridine rings is 1. The van der Waals surface area contributed by atoms with E-state index in [9.17, 15) is 14.7 Å². The van der Waals surface area contributed by atoms with E-state index in [1.165, 1.54) is 10.6 Å². The molecule has 0 saturated heterocycles. The van der Waals surface area contributed by atoms with E-state index in [-0.39, 0.29) is 24.6 Å². The number of carbonyl (C=O) groups excluding carboxylic acids is 1. The maximum Gasteiger partial charge on any atom is 0.256 e. The van der Waals surface area contributed by atoms with Crippen molar-refractivity contribution in [3.05, 3.63) is 51.8 Å². The molecule has 1 atom stereocenters. The number of hydrogen-bond acceptors (Lipinski definition) is 5. The number of hydrogen-bond donors (Lipinski definition) is 2. The average molecular weight is 291 g/mol. The molecule has 0 unspecified atom stereocenters. The van der Waals surface area contributed by atoms with Crippen LogP contribution in [0, 0.1) is 13.8 Å². The molecule has 2 aromatic heterocycles. The van der Waals surface area contributed by atoms with Crippen LogP contribution in [0.2, 0.25) is 0 Å². The summed E-state index contributed by atoms with van der Waals surface area (Å²) >= 11 is 0. The number of rotatable bonds is 5. The zero-order valence-electron chi connectivity index (χ0n) is 11.9. The van der Waals surface area contributed by atoms with Crippen LogP contribution in [0.15, 0.2) is 33.7 Å². The second-order valence-corrected chi connectivity index (χ2v) is 4.75. The molecule has 7 heteroatoms. The second kappa shape index (κ2) is 6.36. The van der Waals surface area contributed by atoms with Gasteiger partial charge in [-0.05, 0) is 19.9 Å². The molecule has 0 spiro atoms. The van der Waals surface area contributed by atoms with Gasteiger partial charge in [0.25, 0.3) is 11.5 Å². The Bertz CT molecular complexity index is 670. The van der Waals surface area contributed by atoms with Crippen LogP contribution >= 0.6 is 0 Å². The molecule has 0 saturated carbocycles. The van der Waals surface area contributed by atoms with Crippen molar-refractivity contribution in [2.45, 2.75) is 26.5 Å². The van der Waals surface area contributed by atoms with Gasteiger partial charge in [-0.15, -0.1) is 0 Å². The van der Waals surface area contributed by atoms with E-state index in [1.54, 1.807) is 32.2 Å². The summed E-state index contributed by atoms with van der Waals surface area (Å²) in [5.74, 6) is 0.0736. The summed E-state index contributed by atoms with van der Waals surface area (Å²) in [7, 11) is 0. The largest absolute Gasteiger partial charge is 0.389 e. The van der Waals surface area contributed by atoms with Crippen LogP contribution in [-0.4, -0.2) is 33.4 Å². The highest BCUT2D eigenvalue weighted by atomic mass is 16.5. The molecule has 0 aromatic carbocycles. The third-order valence-corrected chi connectivity index (χ3v) is 3.07. The number of nitrogens with one attached hydrogen (secondary N) is 1. The Kier molecular flexibility index (Phi) is 4.54. The molecule has 0 aliphatic heterocycles. The maximum atomic E-state index is 12.0. The van der Waals surface area contributed by atoms with Gasteiger partial charge in [0.2, 0.25) is 0 Å². The summed E-state index contributed by atoms with van der Waals surface area (Å²) in [6.07, 6.45) is 0.719. The summed E-state index contributed by atoms with van der Waals surface area (Å²) in [6, 6.07) is 4.75. The molecular weight excluding hydrogens is 274 g/mol. The average Bonchev–Trinajstić information content (AvgIpc) is 2.78. The van der Waals surface area contributed by atoms with Gasteiger partial charge in [-0.1, -0.05) is 11.2 Å². The van der Waals surface area contributed by atoms with Crippen molar-refractivity contribution in [3.8, 4) is 0 Å². The molecule has 0 aliphatic rings. The monoisotopic (exact) mass is 291 g/mol. The highest BCUT2D eigenvalue weighted by Gasteiger charge is 2.18. The Morgan fingerprint density at radius 2 is 2.24 bits per heavy atom. The lowest BCUT2D eigenvalue weighted by molar-refractivity contribution is 0.0901. The molecule has 2 aromatic rings. The lowest BCUT2D eigenvalue weighted by Crippen LogP contribution is -2.36. The first kappa shape index (κ1) is 15.0. The molecule has 2 rings (SSSR count). The molecule has 2 heterocycles. The molecule has 0 radical (unpaired) electrons. The van der Waals surface area contributed by atoms with Crippen molar-refractivity contribution in [2.75, 3.05) is 6.54 Å². The first-order chi connectivity index (χ1) is 9.99. The van der Waals surface area contributed by atoms with E-state index >= 15 is 0 Å². The molecular formula is C14H17N3O4. The van der Waals surface area contributed by atoms with E-state index in [4.69, 9.17) is 4.52 Å². The highest BCUT2D eigenvalue weighted by Crippen LogP contribution is 2.11. The predicted octanol–water partition coefficient (Wildman–Crippen LogP) is 0.244. The summed E-state index contributed by atoms with van der Waals surface area (Å²) < 4.78 is 6.30. The fraction of sp³-hybridized carbons (Fsp3) is 0.357. The van der Waals surface area contributed by atoms with Crippen molar-refractivity contribution in [2.24, 2.45) is 0 Å². The molecule has 112 valence electrons. The molecule has 21 heavy (non-hydrogen) atoms. The van der Waals surface area contributed by atoms with Crippen LogP contribution in [0.25, 0.3) is 0 Å². The predicted molar refractivity (Wildman–Crippen MR) is 75.0 cm³/mol. The molecule has 0 fully saturated rings. The number of aryl methyl sites for hydroxylation is 2. The zero-order valence-corrected chi connectivity index (χ0v) is 11.9. The summed E-state index contributed by atoms with van der Waals surface area (Å²) in [5.41, 5.74) is 0.673. The minimum absolute atomic E-state index is 0.0320. The van der Waals surface area contributed by atoms with E-state index in [2.05, 4.69) is 10.5 Å². The standard InChI is InChI=1S/C14H17N3O4/c1-9-13(10(2)21-16-9)14(20)15-7-11(18)8-17-6-4-3-5-12(17)19/h3-6,11,18H,7-8H2,1-2H3,(H,15,20)/t11-/m1/s1. The molecule has 2 N–H and O–H groups in total. The normalized spacial score (nSPS) is 12.1. The quantitative estimate of drug-likeness (QED) is 0.822. The fourth-order valence-electron chi connectivity index (χ4n) is 2.01. The van der Waals surface area contributed by atoms with Gasteiger partial charge in [-0.3, -0.25) is 9.59 Å². The van der Waals surface area contributed by atoms with E-state index < -0.39 is 6.10 Å². The van der Waals surface area contributed by atoms with Gasteiger partial charge in [-0.25, -0.2) is 0 Å². The SMILES string of the molecule is Cc1noc(C)c1C(=O)NC[C@@H](O)Cn1ccccc1=O. The number of nitrogens with zero attached hydrogens (tertiary/aromatic N) is 2. The number of amides is 1. The van der Waals surface area contributed by atoms with Gasteiger partial charge in [0.1, 0.15) is 11.3 Å². The lowest BCUT2D eigenvalue weighted by atomic mass is 10.2. The molecule has 1 amide bonds. The molecule has 7 nitrogen and oxygen atoms in total. The van der Waals surface area contributed by atoms with Crippen molar-refractivity contribution in [1.29, 1.82) is 0 Å². The van der Waals surface area contributed by atoms with Gasteiger partial charge >= 0.3 is 0 Å². The zero-order chi connectivity index (χ0) is 15.4. The number of aromatic nitrogens is 2. The van der Waals surface area contributed by atoms with E-state index in [0.717, 1.165) is 0 Å². The Morgan fingerprint density at radius 3 is 2.86 bits per heavy atom. The number of aliphatic hydroxyl groups is 1. The molecule has 0 bridgehead atoms. The summed E-state index contributed by atoms with van der Waals surface area (Å²) in [6.45, 7) is 3.46. The Hall–Kier alpha value is -2.41. The van der Waals surface area contributed by atoms with Crippen molar-refractivity contribution >= 4 is 5.91 Å². The first-order valence-electron chi connectivity index (χ1n) is 6.53. The van der Waals surface area contributed by atoms with E-state index in [1.807, 2.05) is 0 Å². The number of carbonyl (C=O) groups is 1. The Balaban J connectivity index is 1.93. The van der Waals surface area contributed by atoms with Gasteiger partial charge < -0.3 is 19.5 Å². The summed E-state index contributed by atoms with van der Waals surface area (Å²) in [4.78, 5) is 23.5. The second-order valence-electron chi connectivity index (χ2n) is 4.75. The summed E-state index contributed by atoms with van der Waals surface area (Å²) in [5, 5.41) is 16.2. The van der Waals surface area contributed by atoms with Gasteiger partial charge in [0.05, 0.1) is 18.3 Å². The first-order valence-corrected chi connectivity index (χ1v) is 6.53. The minimum atomic E-state index is -0.866.